The van der Waals surface area contributed by atoms with Gasteiger partial charge in [0.1, 0.15) is 5.84 Å². The van der Waals surface area contributed by atoms with Crippen molar-refractivity contribution < 1.29 is 8.42 Å². The van der Waals surface area contributed by atoms with Gasteiger partial charge in [-0.15, -0.1) is 4.40 Å². The van der Waals surface area contributed by atoms with Gasteiger partial charge in [0.15, 0.2) is 0 Å². The molecule has 0 saturated carbocycles. The second kappa shape index (κ2) is 6.72. The monoisotopic (exact) mass is 350 g/mol. The van der Waals surface area contributed by atoms with Gasteiger partial charge in [-0.1, -0.05) is 23.7 Å². The Morgan fingerprint density at radius 1 is 1.04 bits per heavy atom. The first-order valence-electron chi connectivity index (χ1n) is 7.06. The number of benzene rings is 2. The van der Waals surface area contributed by atoms with Gasteiger partial charge in [0, 0.05) is 24.7 Å². The highest BCUT2D eigenvalue weighted by atomic mass is 35.5. The van der Waals surface area contributed by atoms with Gasteiger partial charge in [-0.05, 0) is 55.3 Å². The zero-order chi connectivity index (χ0) is 17.2. The van der Waals surface area contributed by atoms with Crippen LogP contribution in [0.25, 0.3) is 0 Å². The van der Waals surface area contributed by atoms with Crippen LogP contribution in [0.2, 0.25) is 5.02 Å². The third kappa shape index (κ3) is 4.12. The lowest BCUT2D eigenvalue weighted by atomic mass is 10.2. The summed E-state index contributed by atoms with van der Waals surface area (Å²) in [4.78, 5) is 1.90. The molecule has 0 unspecified atom stereocenters. The molecule has 2 aromatic rings. The predicted octanol–water partition coefficient (Wildman–Crippen LogP) is 3.65. The van der Waals surface area contributed by atoms with Gasteiger partial charge in [-0.3, -0.25) is 0 Å². The maximum atomic E-state index is 12.7. The summed E-state index contributed by atoms with van der Waals surface area (Å²) in [7, 11) is -0.291. The second-order valence-corrected chi connectivity index (χ2v) is 7.57. The minimum absolute atomic E-state index is 0.228. The fraction of sp³-hybridized carbons (Fsp3) is 0.235. The summed E-state index contributed by atoms with van der Waals surface area (Å²) in [5.41, 5.74) is 2.24. The molecule has 0 radical (unpaired) electrons. The van der Waals surface area contributed by atoms with Crippen LogP contribution in [0.1, 0.15) is 16.7 Å². The molecule has 0 aliphatic carbocycles. The van der Waals surface area contributed by atoms with Gasteiger partial charge in [0.2, 0.25) is 0 Å². The van der Waals surface area contributed by atoms with Crippen LogP contribution in [0.3, 0.4) is 0 Å². The predicted molar refractivity (Wildman–Crippen MR) is 94.8 cm³/mol. The van der Waals surface area contributed by atoms with E-state index < -0.39 is 10.0 Å². The van der Waals surface area contributed by atoms with Crippen molar-refractivity contribution in [1.82, 2.24) is 4.90 Å². The summed E-state index contributed by atoms with van der Waals surface area (Å²) in [5, 5.41) is 0.587. The number of amidine groups is 1. The van der Waals surface area contributed by atoms with Crippen LogP contribution < -0.4 is 0 Å². The Labute approximate surface area is 142 Å². The van der Waals surface area contributed by atoms with Gasteiger partial charge in [0.25, 0.3) is 10.0 Å². The van der Waals surface area contributed by atoms with Crippen LogP contribution in [0.4, 0.5) is 0 Å². The fourth-order valence-corrected chi connectivity index (χ4v) is 3.67. The maximum absolute atomic E-state index is 12.7. The first-order valence-corrected chi connectivity index (χ1v) is 8.88. The molecule has 2 aromatic carbocycles. The lowest BCUT2D eigenvalue weighted by Crippen LogP contribution is -2.24. The smallest absolute Gasteiger partial charge is 0.284 e. The van der Waals surface area contributed by atoms with E-state index in [0.717, 1.165) is 5.56 Å². The van der Waals surface area contributed by atoms with E-state index in [1.165, 1.54) is 0 Å². The molecule has 0 fully saturated rings. The Morgan fingerprint density at radius 3 is 2.22 bits per heavy atom. The number of rotatable bonds is 3. The van der Waals surface area contributed by atoms with Crippen molar-refractivity contribution in [2.45, 2.75) is 18.7 Å². The molecular weight excluding hydrogens is 332 g/mol. The Balaban J connectivity index is 2.58. The van der Waals surface area contributed by atoms with E-state index >= 15 is 0 Å². The van der Waals surface area contributed by atoms with Crippen LogP contribution >= 0.6 is 11.6 Å². The molecule has 0 amide bonds. The molecule has 0 N–H and O–H groups in total. The summed E-state index contributed by atoms with van der Waals surface area (Å²) >= 11 is 5.89. The van der Waals surface area contributed by atoms with Crippen molar-refractivity contribution >= 4 is 27.5 Å². The van der Waals surface area contributed by atoms with Crippen LogP contribution in [-0.4, -0.2) is 33.2 Å². The zero-order valence-electron chi connectivity index (χ0n) is 13.5. The third-order valence-corrected chi connectivity index (χ3v) is 5.02. The number of hydrogen-bond acceptors (Lipinski definition) is 2. The number of sulfonamides is 1. The summed E-state index contributed by atoms with van der Waals surface area (Å²) in [6, 6.07) is 12.2. The Kier molecular flexibility index (Phi) is 5.12. The average Bonchev–Trinajstić information content (AvgIpc) is 2.48. The quantitative estimate of drug-likeness (QED) is 0.627. The minimum Gasteiger partial charge on any atom is -0.362 e. The SMILES string of the molecule is Cc1ccc(C)c(S(=O)(=O)N=C(c2ccc(Cl)cc2)N(C)C)c1. The molecule has 0 heterocycles. The third-order valence-electron chi connectivity index (χ3n) is 3.35. The first kappa shape index (κ1) is 17.5. The molecule has 0 atom stereocenters. The Bertz CT molecular complexity index is 841. The van der Waals surface area contributed by atoms with Crippen molar-refractivity contribution in [3.05, 3.63) is 64.2 Å². The highest BCUT2D eigenvalue weighted by molar-refractivity contribution is 7.90. The fourth-order valence-electron chi connectivity index (χ4n) is 2.14. The molecule has 0 aliphatic heterocycles. The van der Waals surface area contributed by atoms with Gasteiger partial charge >= 0.3 is 0 Å². The molecular formula is C17H19ClN2O2S. The van der Waals surface area contributed by atoms with E-state index in [1.54, 1.807) is 62.3 Å². The summed E-state index contributed by atoms with van der Waals surface area (Å²) < 4.78 is 29.5. The van der Waals surface area contributed by atoms with Crippen molar-refractivity contribution in [2.24, 2.45) is 4.40 Å². The summed E-state index contributed by atoms with van der Waals surface area (Å²) in [6.45, 7) is 3.62. The van der Waals surface area contributed by atoms with Gasteiger partial charge in [-0.25, -0.2) is 0 Å². The number of aryl methyl sites for hydroxylation is 2. The molecule has 0 aromatic heterocycles. The largest absolute Gasteiger partial charge is 0.362 e. The van der Waals surface area contributed by atoms with Crippen molar-refractivity contribution in [2.75, 3.05) is 14.1 Å². The van der Waals surface area contributed by atoms with E-state index in [1.807, 2.05) is 13.0 Å². The van der Waals surface area contributed by atoms with Crippen molar-refractivity contribution in [3.63, 3.8) is 0 Å². The molecule has 6 heteroatoms. The van der Waals surface area contributed by atoms with Crippen molar-refractivity contribution in [1.29, 1.82) is 0 Å². The topological polar surface area (TPSA) is 49.7 Å². The standard InChI is InChI=1S/C17H19ClN2O2S/c1-12-5-6-13(2)16(11-12)23(21,22)19-17(20(3)4)14-7-9-15(18)10-8-14/h5-11H,1-4H3. The molecule has 23 heavy (non-hydrogen) atoms. The zero-order valence-corrected chi connectivity index (χ0v) is 15.1. The van der Waals surface area contributed by atoms with Gasteiger partial charge < -0.3 is 4.90 Å². The average molecular weight is 351 g/mol. The van der Waals surface area contributed by atoms with Gasteiger partial charge in [-0.2, -0.15) is 8.42 Å². The van der Waals surface area contributed by atoms with E-state index in [9.17, 15) is 8.42 Å². The normalized spacial score (nSPS) is 12.3. The van der Waals surface area contributed by atoms with Crippen LogP contribution in [0.5, 0.6) is 0 Å². The highest BCUT2D eigenvalue weighted by Crippen LogP contribution is 2.21. The Hall–Kier alpha value is -1.85. The van der Waals surface area contributed by atoms with Crippen molar-refractivity contribution in [3.8, 4) is 0 Å². The molecule has 122 valence electrons. The number of nitrogens with zero attached hydrogens (tertiary/aromatic N) is 2. The van der Waals surface area contributed by atoms with E-state index in [0.29, 0.717) is 22.0 Å². The molecule has 2 rings (SSSR count). The summed E-state index contributed by atoms with van der Waals surface area (Å²) in [5.74, 6) is 0.363. The Morgan fingerprint density at radius 2 is 1.65 bits per heavy atom. The highest BCUT2D eigenvalue weighted by Gasteiger charge is 2.19. The molecule has 0 saturated heterocycles. The molecule has 0 bridgehead atoms. The van der Waals surface area contributed by atoms with Crippen LogP contribution in [0, 0.1) is 13.8 Å². The number of halogens is 1. The van der Waals surface area contributed by atoms with Crippen LogP contribution in [0.15, 0.2) is 51.8 Å². The van der Waals surface area contributed by atoms with Gasteiger partial charge in [0.05, 0.1) is 4.90 Å². The molecule has 0 spiro atoms. The lowest BCUT2D eigenvalue weighted by molar-refractivity contribution is 0.591. The minimum atomic E-state index is -3.80. The van der Waals surface area contributed by atoms with Crippen LogP contribution in [-0.2, 0) is 10.0 Å². The van der Waals surface area contributed by atoms with E-state index in [2.05, 4.69) is 4.40 Å². The lowest BCUT2D eigenvalue weighted by Gasteiger charge is -2.16. The van der Waals surface area contributed by atoms with E-state index in [-0.39, 0.29) is 4.90 Å². The molecule has 0 aliphatic rings. The summed E-state index contributed by atoms with van der Waals surface area (Å²) in [6.07, 6.45) is 0. The van der Waals surface area contributed by atoms with E-state index in [4.69, 9.17) is 11.6 Å². The maximum Gasteiger partial charge on any atom is 0.284 e. The molecule has 4 nitrogen and oxygen atoms in total. The first-order chi connectivity index (χ1) is 10.7. The number of hydrogen-bond donors (Lipinski definition) is 0. The second-order valence-electron chi connectivity index (χ2n) is 5.56.